The van der Waals surface area contributed by atoms with E-state index in [1.54, 1.807) is 0 Å². The third-order valence-corrected chi connectivity index (χ3v) is 5.76. The molecule has 3 atom stereocenters. The summed E-state index contributed by atoms with van der Waals surface area (Å²) in [6.07, 6.45) is 0.986. The Labute approximate surface area is 155 Å². The lowest BCUT2D eigenvalue weighted by atomic mass is 9.77. The second kappa shape index (κ2) is 6.67. The lowest BCUT2D eigenvalue weighted by Gasteiger charge is -2.41. The van der Waals surface area contributed by atoms with Crippen LogP contribution in [-0.4, -0.2) is 33.7 Å². The minimum atomic E-state index is -1.11. The predicted octanol–water partition coefficient (Wildman–Crippen LogP) is 3.45. The van der Waals surface area contributed by atoms with Gasteiger partial charge in [0.2, 0.25) is 0 Å². The molecule has 3 heterocycles. The molecule has 5 nitrogen and oxygen atoms in total. The fourth-order valence-corrected chi connectivity index (χ4v) is 4.10. The maximum absolute atomic E-state index is 14.2. The summed E-state index contributed by atoms with van der Waals surface area (Å²) in [7, 11) is 1.92. The topological polar surface area (TPSA) is 60.0 Å². The van der Waals surface area contributed by atoms with Crippen LogP contribution in [0.5, 0.6) is 0 Å². The molecule has 1 fully saturated rings. The van der Waals surface area contributed by atoms with Crippen LogP contribution in [0.3, 0.4) is 0 Å². The van der Waals surface area contributed by atoms with Gasteiger partial charge in [-0.25, -0.2) is 23.1 Å². The molecule has 0 radical (unpaired) electrons. The molecule has 2 N–H and O–H groups in total. The average Bonchev–Trinajstić information content (AvgIpc) is 2.92. The molecule has 0 spiro atoms. The molecule has 2 aromatic rings. The minimum absolute atomic E-state index is 0.237. The van der Waals surface area contributed by atoms with Crippen LogP contribution >= 0.6 is 0 Å². The molecule has 1 saturated heterocycles. The van der Waals surface area contributed by atoms with E-state index < -0.39 is 23.4 Å². The highest BCUT2D eigenvalue weighted by Gasteiger charge is 2.38. The first-order chi connectivity index (χ1) is 12.8. The molecule has 144 valence electrons. The van der Waals surface area contributed by atoms with Gasteiger partial charge in [0.1, 0.15) is 28.8 Å². The largest absolute Gasteiger partial charge is 0.355 e. The number of nitrogens with zero attached hydrogens (tertiary/aromatic N) is 4. The second-order valence-corrected chi connectivity index (χ2v) is 7.39. The molecule has 8 heteroatoms. The van der Waals surface area contributed by atoms with Crippen LogP contribution in [0, 0.1) is 18.8 Å². The average molecular weight is 377 g/mol. The van der Waals surface area contributed by atoms with Gasteiger partial charge in [-0.1, -0.05) is 0 Å². The Bertz CT molecular complexity index is 948. The molecule has 4 rings (SSSR count). The van der Waals surface area contributed by atoms with Crippen molar-refractivity contribution < 1.29 is 13.2 Å². The molecule has 1 aliphatic carbocycles. The van der Waals surface area contributed by atoms with Gasteiger partial charge >= 0.3 is 0 Å². The van der Waals surface area contributed by atoms with Crippen molar-refractivity contribution in [2.45, 2.75) is 25.8 Å². The highest BCUT2D eigenvalue weighted by molar-refractivity contribution is 5.74. The first-order valence-corrected chi connectivity index (χ1v) is 9.07. The summed E-state index contributed by atoms with van der Waals surface area (Å²) < 4.78 is 43.0. The first kappa shape index (κ1) is 18.0. The fourth-order valence-electron chi connectivity index (χ4n) is 4.10. The van der Waals surface area contributed by atoms with Crippen LogP contribution < -0.4 is 10.6 Å². The zero-order valence-electron chi connectivity index (χ0n) is 15.3. The monoisotopic (exact) mass is 377 g/mol. The molecule has 2 aliphatic rings. The smallest absolute Gasteiger partial charge is 0.162 e. The third-order valence-electron chi connectivity index (χ3n) is 5.76. The van der Waals surface area contributed by atoms with E-state index in [4.69, 9.17) is 10.7 Å². The summed E-state index contributed by atoms with van der Waals surface area (Å²) in [6, 6.07) is 3.47. The Morgan fingerprint density at radius 3 is 2.70 bits per heavy atom. The second-order valence-electron chi connectivity index (χ2n) is 7.39. The number of nitrogens with two attached hydrogens (primary N) is 1. The Morgan fingerprint density at radius 2 is 1.96 bits per heavy atom. The number of fused-ring (bicyclic) bond motifs is 1. The molecule has 0 bridgehead atoms. The quantitative estimate of drug-likeness (QED) is 0.871. The maximum atomic E-state index is 14.2. The number of aryl methyl sites for hydroxylation is 2. The Kier molecular flexibility index (Phi) is 4.46. The molecule has 2 unspecified atom stereocenters. The molecule has 0 saturated carbocycles. The zero-order chi connectivity index (χ0) is 19.3. The van der Waals surface area contributed by atoms with Crippen LogP contribution in [-0.2, 0) is 7.05 Å². The third kappa shape index (κ3) is 3.12. The van der Waals surface area contributed by atoms with Crippen molar-refractivity contribution in [1.82, 2.24) is 14.5 Å². The van der Waals surface area contributed by atoms with Gasteiger partial charge in [-0.05, 0) is 31.4 Å². The van der Waals surface area contributed by atoms with E-state index in [9.17, 15) is 13.2 Å². The number of allylic oxidation sites excluding steroid dienone is 4. The van der Waals surface area contributed by atoms with Gasteiger partial charge in [0.05, 0.1) is 0 Å². The number of rotatable bonds is 2. The molecule has 1 aliphatic heterocycles. The van der Waals surface area contributed by atoms with Crippen molar-refractivity contribution >= 4 is 17.0 Å². The molecule has 0 amide bonds. The molecule has 2 aromatic heterocycles. The number of piperidine rings is 1. The van der Waals surface area contributed by atoms with E-state index in [1.165, 1.54) is 0 Å². The standard InChI is InChI=1S/C19H22F3N5/c1-10-24-17-3-4-18(25-19(17)26(10)2)27-6-5-11(16(23)9-27)12-7-14(21)15(22)8-13(12)20/h3-4,8,11-12,16H,5-7,9,23H2,1-2H3/t11-,12?,16?/m1/s1. The lowest BCUT2D eigenvalue weighted by Crippen LogP contribution is -2.51. The van der Waals surface area contributed by atoms with Crippen molar-refractivity contribution in [2.75, 3.05) is 18.0 Å². The number of hydrogen-bond donors (Lipinski definition) is 1. The van der Waals surface area contributed by atoms with Crippen LogP contribution in [0.2, 0.25) is 0 Å². The Morgan fingerprint density at radius 1 is 1.19 bits per heavy atom. The number of hydrogen-bond acceptors (Lipinski definition) is 4. The fraction of sp³-hybridized carbons (Fsp3) is 0.474. The summed E-state index contributed by atoms with van der Waals surface area (Å²) in [5, 5.41) is 0. The molecule has 0 aromatic carbocycles. The Balaban J connectivity index is 1.52. The van der Waals surface area contributed by atoms with Crippen LogP contribution in [0.25, 0.3) is 11.2 Å². The van der Waals surface area contributed by atoms with E-state index in [0.29, 0.717) is 25.6 Å². The number of aromatic nitrogens is 3. The number of imidazole rings is 1. The van der Waals surface area contributed by atoms with Crippen molar-refractivity contribution in [3.05, 3.63) is 41.5 Å². The highest BCUT2D eigenvalue weighted by atomic mass is 19.2. The lowest BCUT2D eigenvalue weighted by molar-refractivity contribution is 0.225. The number of pyridine rings is 1. The summed E-state index contributed by atoms with van der Waals surface area (Å²) >= 11 is 0. The SMILES string of the molecule is Cc1nc2ccc(N3CC[C@H](C4CC(F)=C(F)C=C4F)C(N)C3)nc2n1C. The van der Waals surface area contributed by atoms with Gasteiger partial charge < -0.3 is 15.2 Å². The maximum Gasteiger partial charge on any atom is 0.162 e. The van der Waals surface area contributed by atoms with Crippen molar-refractivity contribution in [3.8, 4) is 0 Å². The number of anilines is 1. The Hall–Kier alpha value is -2.35. The van der Waals surface area contributed by atoms with Crippen LogP contribution in [0.15, 0.2) is 35.7 Å². The van der Waals surface area contributed by atoms with Crippen LogP contribution in [0.4, 0.5) is 19.0 Å². The predicted molar refractivity (Wildman–Crippen MR) is 98.1 cm³/mol. The summed E-state index contributed by atoms with van der Waals surface area (Å²) in [5.74, 6) is -1.89. The number of halogens is 3. The summed E-state index contributed by atoms with van der Waals surface area (Å²) in [5.41, 5.74) is 7.94. The van der Waals surface area contributed by atoms with E-state index in [0.717, 1.165) is 22.8 Å². The summed E-state index contributed by atoms with van der Waals surface area (Å²) in [6.45, 7) is 3.04. The zero-order valence-corrected chi connectivity index (χ0v) is 15.3. The van der Waals surface area contributed by atoms with Gasteiger partial charge in [0.15, 0.2) is 11.5 Å². The molecular formula is C19H22F3N5. The van der Waals surface area contributed by atoms with Gasteiger partial charge in [-0.15, -0.1) is 0 Å². The van der Waals surface area contributed by atoms with Gasteiger partial charge in [0.25, 0.3) is 0 Å². The van der Waals surface area contributed by atoms with Crippen LogP contribution in [0.1, 0.15) is 18.7 Å². The van der Waals surface area contributed by atoms with E-state index in [2.05, 4.69) is 9.88 Å². The van der Waals surface area contributed by atoms with Crippen molar-refractivity contribution in [3.63, 3.8) is 0 Å². The van der Waals surface area contributed by atoms with Gasteiger partial charge in [-0.2, -0.15) is 0 Å². The molecular weight excluding hydrogens is 355 g/mol. The van der Waals surface area contributed by atoms with E-state index >= 15 is 0 Å². The van der Waals surface area contributed by atoms with E-state index in [-0.39, 0.29) is 18.4 Å². The van der Waals surface area contributed by atoms with Crippen molar-refractivity contribution in [1.29, 1.82) is 0 Å². The highest BCUT2D eigenvalue weighted by Crippen LogP contribution is 2.40. The molecule has 27 heavy (non-hydrogen) atoms. The van der Waals surface area contributed by atoms with Crippen molar-refractivity contribution in [2.24, 2.45) is 24.6 Å². The minimum Gasteiger partial charge on any atom is -0.355 e. The van der Waals surface area contributed by atoms with E-state index in [1.807, 2.05) is 30.7 Å². The van der Waals surface area contributed by atoms with Gasteiger partial charge in [0, 0.05) is 44.6 Å². The van der Waals surface area contributed by atoms with Gasteiger partial charge in [-0.3, -0.25) is 0 Å². The first-order valence-electron chi connectivity index (χ1n) is 9.07. The summed E-state index contributed by atoms with van der Waals surface area (Å²) in [4.78, 5) is 11.2. The normalized spacial score (nSPS) is 26.7.